The monoisotopic (exact) mass is 393 g/mol. The molecule has 144 valence electrons. The number of benzene rings is 3. The van der Waals surface area contributed by atoms with Crippen molar-refractivity contribution in [2.75, 3.05) is 0 Å². The van der Waals surface area contributed by atoms with Gasteiger partial charge >= 0.3 is 0 Å². The molecule has 6 heteroatoms. The van der Waals surface area contributed by atoms with E-state index in [1.165, 1.54) is 18.2 Å². The molecule has 0 saturated heterocycles. The molecule has 0 unspecified atom stereocenters. The lowest BCUT2D eigenvalue weighted by Crippen LogP contribution is -2.12. The first-order valence-corrected chi connectivity index (χ1v) is 9.15. The van der Waals surface area contributed by atoms with Crippen LogP contribution in [0, 0.1) is 21.4 Å². The zero-order valence-electron chi connectivity index (χ0n) is 15.7. The number of H-pyrrole nitrogens is 1. The van der Waals surface area contributed by atoms with Crippen LogP contribution >= 0.6 is 0 Å². The fourth-order valence-corrected chi connectivity index (χ4v) is 3.31. The molecule has 1 aromatic heterocycles. The highest BCUT2D eigenvalue weighted by atomic mass is 16.6. The van der Waals surface area contributed by atoms with Crippen molar-refractivity contribution < 1.29 is 4.92 Å². The topological polar surface area (TPSA) is 99.8 Å². The number of aromatic nitrogens is 1. The molecule has 3 aromatic carbocycles. The van der Waals surface area contributed by atoms with Crippen molar-refractivity contribution in [2.24, 2.45) is 0 Å². The molecule has 0 radical (unpaired) electrons. The van der Waals surface area contributed by atoms with Gasteiger partial charge in [0.25, 0.3) is 11.2 Å². The Morgan fingerprint density at radius 1 is 0.800 bits per heavy atom. The quantitative estimate of drug-likeness (QED) is 0.382. The Bertz CT molecular complexity index is 1330. The number of nitriles is 1. The Hall–Kier alpha value is -4.50. The van der Waals surface area contributed by atoms with Crippen LogP contribution in [0.3, 0.4) is 0 Å². The lowest BCUT2D eigenvalue weighted by molar-refractivity contribution is -0.384. The van der Waals surface area contributed by atoms with Crippen molar-refractivity contribution >= 4 is 5.69 Å². The minimum atomic E-state index is -0.538. The highest BCUT2D eigenvalue weighted by Gasteiger charge is 2.15. The summed E-state index contributed by atoms with van der Waals surface area (Å²) in [6, 6.07) is 27.1. The summed E-state index contributed by atoms with van der Waals surface area (Å²) in [5.74, 6) is 0. The Kier molecular flexibility index (Phi) is 4.93. The molecule has 1 N–H and O–H groups in total. The van der Waals surface area contributed by atoms with Gasteiger partial charge in [-0.2, -0.15) is 5.26 Å². The molecule has 1 heterocycles. The minimum absolute atomic E-state index is 0.0832. The molecule has 0 bridgehead atoms. The SMILES string of the molecule is N#Cc1c(-c2cccc([N+](=O)[O-])c2)cc(-c2ccc(-c3ccccc3)cc2)[nH]c1=O. The molecule has 0 spiro atoms. The predicted octanol–water partition coefficient (Wildman–Crippen LogP) is 5.16. The molecule has 0 amide bonds. The zero-order chi connectivity index (χ0) is 21.1. The summed E-state index contributed by atoms with van der Waals surface area (Å²) in [5.41, 5.74) is 3.47. The third-order valence-electron chi connectivity index (χ3n) is 4.82. The Labute approximate surface area is 171 Å². The number of nitro benzene ring substituents is 1. The van der Waals surface area contributed by atoms with Crippen LogP contribution in [0.5, 0.6) is 0 Å². The van der Waals surface area contributed by atoms with E-state index in [0.29, 0.717) is 16.8 Å². The van der Waals surface area contributed by atoms with Gasteiger partial charge in [-0.25, -0.2) is 0 Å². The fraction of sp³-hybridized carbons (Fsp3) is 0. The van der Waals surface area contributed by atoms with Crippen molar-refractivity contribution in [3.8, 4) is 39.6 Å². The van der Waals surface area contributed by atoms with Crippen LogP contribution in [0.15, 0.2) is 89.7 Å². The molecule has 0 fully saturated rings. The van der Waals surface area contributed by atoms with Crippen molar-refractivity contribution in [1.29, 1.82) is 5.26 Å². The molecule has 0 atom stereocenters. The van der Waals surface area contributed by atoms with E-state index in [4.69, 9.17) is 0 Å². The highest BCUT2D eigenvalue weighted by molar-refractivity contribution is 5.77. The van der Waals surface area contributed by atoms with Crippen molar-refractivity contribution in [3.05, 3.63) is 111 Å². The zero-order valence-corrected chi connectivity index (χ0v) is 15.7. The van der Waals surface area contributed by atoms with Crippen molar-refractivity contribution in [2.45, 2.75) is 0 Å². The Balaban J connectivity index is 1.81. The van der Waals surface area contributed by atoms with Gasteiger partial charge in [-0.05, 0) is 28.3 Å². The van der Waals surface area contributed by atoms with Gasteiger partial charge in [0.1, 0.15) is 11.6 Å². The summed E-state index contributed by atoms with van der Waals surface area (Å²) in [4.78, 5) is 25.9. The molecular formula is C24H15N3O3. The lowest BCUT2D eigenvalue weighted by Gasteiger charge is -2.09. The fourth-order valence-electron chi connectivity index (χ4n) is 3.31. The molecule has 0 aliphatic heterocycles. The number of nitrogens with one attached hydrogen (secondary N) is 1. The van der Waals surface area contributed by atoms with E-state index in [9.17, 15) is 20.2 Å². The maximum atomic E-state index is 12.5. The average Bonchev–Trinajstić information content (AvgIpc) is 2.79. The van der Waals surface area contributed by atoms with Crippen LogP contribution in [0.4, 0.5) is 5.69 Å². The minimum Gasteiger partial charge on any atom is -0.321 e. The van der Waals surface area contributed by atoms with Crippen molar-refractivity contribution in [1.82, 2.24) is 4.98 Å². The first-order valence-electron chi connectivity index (χ1n) is 9.15. The molecule has 0 aliphatic carbocycles. The summed E-state index contributed by atoms with van der Waals surface area (Å²) in [6.07, 6.45) is 0. The van der Waals surface area contributed by atoms with Crippen LogP contribution in [-0.4, -0.2) is 9.91 Å². The number of rotatable bonds is 4. The number of nitro groups is 1. The second-order valence-electron chi connectivity index (χ2n) is 6.66. The number of aromatic amines is 1. The highest BCUT2D eigenvalue weighted by Crippen LogP contribution is 2.29. The van der Waals surface area contributed by atoms with Crippen LogP contribution in [0.2, 0.25) is 0 Å². The van der Waals surface area contributed by atoms with Gasteiger partial charge in [-0.15, -0.1) is 0 Å². The molecule has 6 nitrogen and oxygen atoms in total. The van der Waals surface area contributed by atoms with Crippen LogP contribution < -0.4 is 5.56 Å². The first kappa shape index (κ1) is 18.8. The van der Waals surface area contributed by atoms with Gasteiger partial charge < -0.3 is 4.98 Å². The van der Waals surface area contributed by atoms with E-state index in [1.54, 1.807) is 12.1 Å². The Morgan fingerprint density at radius 2 is 1.43 bits per heavy atom. The van der Waals surface area contributed by atoms with Crippen LogP contribution in [0.1, 0.15) is 5.56 Å². The number of pyridine rings is 1. The van der Waals surface area contributed by atoms with E-state index in [-0.39, 0.29) is 11.3 Å². The normalized spacial score (nSPS) is 10.4. The third-order valence-corrected chi connectivity index (χ3v) is 4.82. The van der Waals surface area contributed by atoms with E-state index in [0.717, 1.165) is 16.7 Å². The second-order valence-corrected chi connectivity index (χ2v) is 6.66. The Morgan fingerprint density at radius 3 is 2.10 bits per heavy atom. The summed E-state index contributed by atoms with van der Waals surface area (Å²) >= 11 is 0. The van der Waals surface area contributed by atoms with Crippen LogP contribution in [-0.2, 0) is 0 Å². The number of non-ortho nitro benzene ring substituents is 1. The van der Waals surface area contributed by atoms with Gasteiger partial charge in [-0.3, -0.25) is 14.9 Å². The summed E-state index contributed by atoms with van der Waals surface area (Å²) in [7, 11) is 0. The van der Waals surface area contributed by atoms with E-state index in [2.05, 4.69) is 4.98 Å². The molecular weight excluding hydrogens is 378 g/mol. The average molecular weight is 393 g/mol. The smallest absolute Gasteiger partial charge is 0.270 e. The standard InChI is InChI=1S/C24H15N3O3/c25-15-22-21(19-7-4-8-20(13-19)27(29)30)14-23(26-24(22)28)18-11-9-17(10-12-18)16-5-2-1-3-6-16/h1-14H,(H,26,28). The summed E-state index contributed by atoms with van der Waals surface area (Å²) in [5, 5.41) is 20.6. The van der Waals surface area contributed by atoms with Gasteiger partial charge in [-0.1, -0.05) is 66.7 Å². The van der Waals surface area contributed by atoms with E-state index >= 15 is 0 Å². The first-order chi connectivity index (χ1) is 14.6. The molecule has 30 heavy (non-hydrogen) atoms. The second kappa shape index (κ2) is 7.86. The molecule has 0 saturated carbocycles. The van der Waals surface area contributed by atoms with Gasteiger partial charge in [0.15, 0.2) is 0 Å². The van der Waals surface area contributed by atoms with Gasteiger partial charge in [0.2, 0.25) is 0 Å². The van der Waals surface area contributed by atoms with Gasteiger partial charge in [0, 0.05) is 23.4 Å². The van der Waals surface area contributed by atoms with E-state index in [1.807, 2.05) is 60.7 Å². The van der Waals surface area contributed by atoms with Crippen molar-refractivity contribution in [3.63, 3.8) is 0 Å². The van der Waals surface area contributed by atoms with Gasteiger partial charge in [0.05, 0.1) is 4.92 Å². The largest absolute Gasteiger partial charge is 0.321 e. The lowest BCUT2D eigenvalue weighted by atomic mass is 9.97. The van der Waals surface area contributed by atoms with E-state index < -0.39 is 10.5 Å². The third kappa shape index (κ3) is 3.60. The molecule has 4 rings (SSSR count). The number of hydrogen-bond donors (Lipinski definition) is 1. The number of nitrogens with zero attached hydrogens (tertiary/aromatic N) is 2. The molecule has 4 aromatic rings. The van der Waals surface area contributed by atoms with Crippen LogP contribution in [0.25, 0.3) is 33.5 Å². The molecule has 0 aliphatic rings. The number of hydrogen-bond acceptors (Lipinski definition) is 4. The maximum absolute atomic E-state index is 12.5. The predicted molar refractivity (Wildman–Crippen MR) is 115 cm³/mol. The summed E-state index contributed by atoms with van der Waals surface area (Å²) in [6.45, 7) is 0. The maximum Gasteiger partial charge on any atom is 0.270 e. The summed E-state index contributed by atoms with van der Waals surface area (Å²) < 4.78 is 0.